The minimum atomic E-state index is -4.75. The van der Waals surface area contributed by atoms with Crippen molar-refractivity contribution in [3.63, 3.8) is 0 Å². The second-order valence-corrected chi connectivity index (χ2v) is 7.71. The predicted octanol–water partition coefficient (Wildman–Crippen LogP) is 1.99. The third-order valence-electron chi connectivity index (χ3n) is 3.44. The SMILES string of the molecule is CS(=O)(=O)C[C@@H](Oc1ccc(OC(F)(F)F)cc1)[C@H]1CCNC1. The van der Waals surface area contributed by atoms with Crippen molar-refractivity contribution in [3.05, 3.63) is 24.3 Å². The van der Waals surface area contributed by atoms with E-state index in [1.807, 2.05) is 0 Å². The number of ether oxygens (including phenoxy) is 2. The molecule has 1 fully saturated rings. The van der Waals surface area contributed by atoms with Gasteiger partial charge < -0.3 is 14.8 Å². The van der Waals surface area contributed by atoms with Crippen molar-refractivity contribution >= 4 is 9.84 Å². The number of nitrogens with one attached hydrogen (secondary N) is 1. The number of benzene rings is 1. The standard InChI is InChI=1S/C14H18F3NO4S/c1-23(19,20)9-13(10-6-7-18-8-10)21-11-2-4-12(5-3-11)22-14(15,16)17/h2-5,10,13,18H,6-9H2,1H3/t10-,13+/m0/s1. The molecule has 1 aliphatic rings. The molecular weight excluding hydrogens is 335 g/mol. The van der Waals surface area contributed by atoms with E-state index in [0.717, 1.165) is 31.4 Å². The lowest BCUT2D eigenvalue weighted by atomic mass is 10.0. The molecule has 0 unspecified atom stereocenters. The highest BCUT2D eigenvalue weighted by atomic mass is 32.2. The molecule has 1 saturated heterocycles. The van der Waals surface area contributed by atoms with Crippen LogP contribution in [0.25, 0.3) is 0 Å². The molecule has 0 bridgehead atoms. The predicted molar refractivity (Wildman–Crippen MR) is 78.2 cm³/mol. The number of hydrogen-bond acceptors (Lipinski definition) is 5. The molecule has 1 aromatic carbocycles. The van der Waals surface area contributed by atoms with E-state index >= 15 is 0 Å². The van der Waals surface area contributed by atoms with Gasteiger partial charge >= 0.3 is 6.36 Å². The Kier molecular flexibility index (Phi) is 5.41. The zero-order valence-electron chi connectivity index (χ0n) is 12.5. The van der Waals surface area contributed by atoms with Crippen molar-refractivity contribution < 1.29 is 31.1 Å². The average Bonchev–Trinajstić information content (AvgIpc) is 2.91. The molecule has 0 amide bonds. The maximum absolute atomic E-state index is 12.1. The summed E-state index contributed by atoms with van der Waals surface area (Å²) in [7, 11) is -3.24. The van der Waals surface area contributed by atoms with E-state index in [4.69, 9.17) is 4.74 Å². The first-order chi connectivity index (χ1) is 10.6. The third kappa shape index (κ3) is 6.26. The summed E-state index contributed by atoms with van der Waals surface area (Å²) in [5.41, 5.74) is 0. The minimum Gasteiger partial charge on any atom is -0.489 e. The van der Waals surface area contributed by atoms with Crippen molar-refractivity contribution in [1.82, 2.24) is 5.32 Å². The number of sulfone groups is 1. The fraction of sp³-hybridized carbons (Fsp3) is 0.571. The average molecular weight is 353 g/mol. The van der Waals surface area contributed by atoms with E-state index in [2.05, 4.69) is 10.1 Å². The van der Waals surface area contributed by atoms with Crippen LogP contribution in [-0.4, -0.2) is 46.0 Å². The lowest BCUT2D eigenvalue weighted by Gasteiger charge is -2.23. The summed E-state index contributed by atoms with van der Waals surface area (Å²) in [4.78, 5) is 0. The van der Waals surface area contributed by atoms with E-state index in [1.165, 1.54) is 12.1 Å². The van der Waals surface area contributed by atoms with Crippen LogP contribution in [0.5, 0.6) is 11.5 Å². The monoisotopic (exact) mass is 353 g/mol. The maximum Gasteiger partial charge on any atom is 0.573 e. The van der Waals surface area contributed by atoms with Crippen molar-refractivity contribution in [2.24, 2.45) is 5.92 Å². The van der Waals surface area contributed by atoms with Gasteiger partial charge in [-0.1, -0.05) is 0 Å². The quantitative estimate of drug-likeness (QED) is 0.847. The first kappa shape index (κ1) is 17.9. The van der Waals surface area contributed by atoms with Crippen LogP contribution < -0.4 is 14.8 Å². The van der Waals surface area contributed by atoms with Crippen LogP contribution in [0, 0.1) is 5.92 Å². The molecule has 1 aliphatic heterocycles. The van der Waals surface area contributed by atoms with Crippen LogP contribution in [0.15, 0.2) is 24.3 Å². The molecule has 1 aromatic rings. The fourth-order valence-corrected chi connectivity index (χ4v) is 3.39. The first-order valence-corrected chi connectivity index (χ1v) is 9.09. The van der Waals surface area contributed by atoms with Gasteiger partial charge in [0.15, 0.2) is 9.84 Å². The normalized spacial score (nSPS) is 20.3. The molecular formula is C14H18F3NO4S. The van der Waals surface area contributed by atoms with E-state index < -0.39 is 22.3 Å². The summed E-state index contributed by atoms with van der Waals surface area (Å²) in [5, 5.41) is 3.14. The van der Waals surface area contributed by atoms with Crippen molar-refractivity contribution in [2.45, 2.75) is 18.9 Å². The Bertz CT molecular complexity index is 610. The first-order valence-electron chi connectivity index (χ1n) is 7.03. The van der Waals surface area contributed by atoms with Crippen LogP contribution in [0.2, 0.25) is 0 Å². The second kappa shape index (κ2) is 6.96. The summed E-state index contributed by atoms with van der Waals surface area (Å²) in [5.74, 6) is -0.150. The molecule has 0 aromatic heterocycles. The highest BCUT2D eigenvalue weighted by molar-refractivity contribution is 7.90. The number of halogens is 3. The lowest BCUT2D eigenvalue weighted by Crippen LogP contribution is -2.35. The van der Waals surface area contributed by atoms with E-state index in [9.17, 15) is 21.6 Å². The van der Waals surface area contributed by atoms with Crippen LogP contribution in [0.3, 0.4) is 0 Å². The van der Waals surface area contributed by atoms with E-state index in [-0.39, 0.29) is 17.4 Å². The van der Waals surface area contributed by atoms with Crippen molar-refractivity contribution in [2.75, 3.05) is 25.1 Å². The Morgan fingerprint density at radius 1 is 1.26 bits per heavy atom. The van der Waals surface area contributed by atoms with Crippen molar-refractivity contribution in [3.8, 4) is 11.5 Å². The largest absolute Gasteiger partial charge is 0.573 e. The third-order valence-corrected chi connectivity index (χ3v) is 4.37. The second-order valence-electron chi connectivity index (χ2n) is 5.52. The summed E-state index contributed by atoms with van der Waals surface area (Å²) in [6.45, 7) is 1.43. The molecule has 23 heavy (non-hydrogen) atoms. The summed E-state index contributed by atoms with van der Waals surface area (Å²) >= 11 is 0. The molecule has 9 heteroatoms. The highest BCUT2D eigenvalue weighted by Gasteiger charge is 2.31. The molecule has 0 radical (unpaired) electrons. The zero-order chi connectivity index (χ0) is 17.1. The summed E-state index contributed by atoms with van der Waals surface area (Å²) < 4.78 is 68.9. The maximum atomic E-state index is 12.1. The molecule has 2 rings (SSSR count). The Balaban J connectivity index is 2.06. The Labute approximate surface area is 132 Å². The molecule has 1 N–H and O–H groups in total. The van der Waals surface area contributed by atoms with Gasteiger partial charge in [-0.25, -0.2) is 8.42 Å². The van der Waals surface area contributed by atoms with Crippen LogP contribution in [0.4, 0.5) is 13.2 Å². The minimum absolute atomic E-state index is 0.0378. The van der Waals surface area contributed by atoms with Crippen LogP contribution >= 0.6 is 0 Å². The molecule has 5 nitrogen and oxygen atoms in total. The van der Waals surface area contributed by atoms with Gasteiger partial charge in [0.1, 0.15) is 17.6 Å². The molecule has 0 spiro atoms. The Morgan fingerprint density at radius 3 is 2.35 bits per heavy atom. The molecule has 0 aliphatic carbocycles. The molecule has 0 saturated carbocycles. The fourth-order valence-electron chi connectivity index (χ4n) is 2.45. The molecule has 130 valence electrons. The lowest BCUT2D eigenvalue weighted by molar-refractivity contribution is -0.274. The van der Waals surface area contributed by atoms with Crippen LogP contribution in [0.1, 0.15) is 6.42 Å². The topological polar surface area (TPSA) is 64.6 Å². The summed E-state index contributed by atoms with van der Waals surface area (Å²) in [6, 6.07) is 4.93. The number of rotatable bonds is 6. The van der Waals surface area contributed by atoms with E-state index in [1.54, 1.807) is 0 Å². The number of alkyl halides is 3. The van der Waals surface area contributed by atoms with Gasteiger partial charge in [-0.2, -0.15) is 0 Å². The van der Waals surface area contributed by atoms with E-state index in [0.29, 0.717) is 12.3 Å². The van der Waals surface area contributed by atoms with Gasteiger partial charge in [-0.3, -0.25) is 0 Å². The van der Waals surface area contributed by atoms with Gasteiger partial charge in [0.25, 0.3) is 0 Å². The number of hydrogen-bond donors (Lipinski definition) is 1. The van der Waals surface area contributed by atoms with Gasteiger partial charge in [-0.15, -0.1) is 13.2 Å². The smallest absolute Gasteiger partial charge is 0.489 e. The van der Waals surface area contributed by atoms with Gasteiger partial charge in [0.05, 0.1) is 5.75 Å². The summed E-state index contributed by atoms with van der Waals surface area (Å²) in [6.07, 6.45) is -3.38. The highest BCUT2D eigenvalue weighted by Crippen LogP contribution is 2.26. The Morgan fingerprint density at radius 2 is 1.87 bits per heavy atom. The molecule has 1 heterocycles. The Hall–Kier alpha value is -1.48. The zero-order valence-corrected chi connectivity index (χ0v) is 13.3. The van der Waals surface area contributed by atoms with Gasteiger partial charge in [0.2, 0.25) is 0 Å². The van der Waals surface area contributed by atoms with Crippen LogP contribution in [-0.2, 0) is 9.84 Å². The van der Waals surface area contributed by atoms with Crippen molar-refractivity contribution in [1.29, 1.82) is 0 Å². The van der Waals surface area contributed by atoms with Gasteiger partial charge in [-0.05, 0) is 37.2 Å². The molecule has 2 atom stereocenters. The van der Waals surface area contributed by atoms with Gasteiger partial charge in [0, 0.05) is 18.7 Å².